The minimum atomic E-state index is -3.00. The summed E-state index contributed by atoms with van der Waals surface area (Å²) in [6, 6.07) is 6.59. The molecule has 1 saturated heterocycles. The van der Waals surface area contributed by atoms with Crippen molar-refractivity contribution in [3.63, 3.8) is 0 Å². The minimum Gasteiger partial charge on any atom is -0.352 e. The number of sulfone groups is 1. The van der Waals surface area contributed by atoms with Crippen molar-refractivity contribution >= 4 is 37.6 Å². The smallest absolute Gasteiger partial charge is 0.251 e. The number of carbonyl (C=O) groups is 2. The van der Waals surface area contributed by atoms with Gasteiger partial charge in [0.1, 0.15) is 0 Å². The van der Waals surface area contributed by atoms with E-state index in [0.717, 1.165) is 4.47 Å². The Balaban J connectivity index is 1.71. The number of nitrogens with one attached hydrogen (secondary N) is 2. The van der Waals surface area contributed by atoms with Crippen molar-refractivity contribution in [2.75, 3.05) is 18.1 Å². The lowest BCUT2D eigenvalue weighted by Crippen LogP contribution is -2.37. The van der Waals surface area contributed by atoms with Crippen molar-refractivity contribution < 1.29 is 18.0 Å². The molecule has 1 aromatic rings. The maximum absolute atomic E-state index is 11.8. The lowest BCUT2D eigenvalue weighted by atomic mass is 10.2. The van der Waals surface area contributed by atoms with Gasteiger partial charge in [-0.15, -0.1) is 0 Å². The van der Waals surface area contributed by atoms with Gasteiger partial charge in [0.15, 0.2) is 9.84 Å². The molecule has 2 N–H and O–H groups in total. The van der Waals surface area contributed by atoms with Crippen molar-refractivity contribution in [1.82, 2.24) is 10.6 Å². The summed E-state index contributed by atoms with van der Waals surface area (Å²) in [7, 11) is -3.00. The van der Waals surface area contributed by atoms with E-state index in [1.54, 1.807) is 24.3 Å². The van der Waals surface area contributed by atoms with E-state index in [1.165, 1.54) is 0 Å². The van der Waals surface area contributed by atoms with Gasteiger partial charge in [-0.3, -0.25) is 9.59 Å². The van der Waals surface area contributed by atoms with Crippen molar-refractivity contribution in [3.05, 3.63) is 34.3 Å². The van der Waals surface area contributed by atoms with Crippen LogP contribution in [-0.4, -0.2) is 44.3 Å². The van der Waals surface area contributed by atoms with E-state index in [1.807, 2.05) is 0 Å². The predicted octanol–water partition coefficient (Wildman–Crippen LogP) is 0.872. The first-order valence-electron chi connectivity index (χ1n) is 6.89. The first-order valence-corrected chi connectivity index (χ1v) is 9.51. The Morgan fingerprint density at radius 1 is 1.23 bits per heavy atom. The molecule has 0 bridgehead atoms. The molecular formula is C14H17BrN2O4S. The Bertz CT molecular complexity index is 658. The number of rotatable bonds is 5. The number of benzene rings is 1. The molecule has 1 heterocycles. The highest BCUT2D eigenvalue weighted by Gasteiger charge is 2.28. The number of halogens is 1. The van der Waals surface area contributed by atoms with Crippen LogP contribution in [0.25, 0.3) is 0 Å². The molecule has 120 valence electrons. The summed E-state index contributed by atoms with van der Waals surface area (Å²) in [5.41, 5.74) is 0.519. The van der Waals surface area contributed by atoms with Gasteiger partial charge in [-0.2, -0.15) is 0 Å². The zero-order valence-electron chi connectivity index (χ0n) is 11.8. The third-order valence-corrected chi connectivity index (χ3v) is 5.64. The summed E-state index contributed by atoms with van der Waals surface area (Å²) >= 11 is 3.29. The van der Waals surface area contributed by atoms with E-state index in [2.05, 4.69) is 26.6 Å². The topological polar surface area (TPSA) is 92.3 Å². The monoisotopic (exact) mass is 388 g/mol. The zero-order chi connectivity index (χ0) is 16.2. The molecule has 2 amide bonds. The molecule has 8 heteroatoms. The lowest BCUT2D eigenvalue weighted by molar-refractivity contribution is -0.121. The van der Waals surface area contributed by atoms with Crippen LogP contribution in [0.3, 0.4) is 0 Å². The molecule has 0 aromatic heterocycles. The average Bonchev–Trinajstić information content (AvgIpc) is 2.78. The number of amides is 2. The maximum Gasteiger partial charge on any atom is 0.251 e. The van der Waals surface area contributed by atoms with Crippen LogP contribution in [0.5, 0.6) is 0 Å². The molecular weight excluding hydrogens is 372 g/mol. The normalized spacial score (nSPS) is 19.6. The zero-order valence-corrected chi connectivity index (χ0v) is 14.2. The molecule has 0 unspecified atom stereocenters. The molecule has 0 saturated carbocycles. The fraction of sp³-hybridized carbons (Fsp3) is 0.429. The van der Waals surface area contributed by atoms with Crippen LogP contribution >= 0.6 is 15.9 Å². The van der Waals surface area contributed by atoms with Crippen LogP contribution in [0, 0.1) is 0 Å². The van der Waals surface area contributed by atoms with Gasteiger partial charge in [0, 0.05) is 29.0 Å². The minimum absolute atomic E-state index is 0.00396. The van der Waals surface area contributed by atoms with Gasteiger partial charge in [-0.05, 0) is 30.7 Å². The first kappa shape index (κ1) is 17.0. The Hall–Kier alpha value is -1.41. The second kappa shape index (κ2) is 7.23. The third kappa shape index (κ3) is 5.10. The van der Waals surface area contributed by atoms with E-state index in [4.69, 9.17) is 0 Å². The van der Waals surface area contributed by atoms with Gasteiger partial charge in [-0.1, -0.05) is 15.9 Å². The Morgan fingerprint density at radius 2 is 1.91 bits per heavy atom. The summed E-state index contributed by atoms with van der Waals surface area (Å²) in [5, 5.41) is 5.34. The van der Waals surface area contributed by atoms with Crippen LogP contribution in [0.15, 0.2) is 28.7 Å². The molecule has 0 aliphatic carbocycles. The van der Waals surface area contributed by atoms with E-state index in [-0.39, 0.29) is 42.3 Å². The quantitative estimate of drug-likeness (QED) is 0.782. The van der Waals surface area contributed by atoms with Crippen molar-refractivity contribution in [3.8, 4) is 0 Å². The molecule has 0 spiro atoms. The van der Waals surface area contributed by atoms with Crippen molar-refractivity contribution in [2.24, 2.45) is 0 Å². The summed E-state index contributed by atoms with van der Waals surface area (Å²) in [6.45, 7) is 0.209. The van der Waals surface area contributed by atoms with Gasteiger partial charge in [0.05, 0.1) is 11.5 Å². The van der Waals surface area contributed by atoms with E-state index < -0.39 is 9.84 Å². The number of hydrogen-bond acceptors (Lipinski definition) is 4. The summed E-state index contributed by atoms with van der Waals surface area (Å²) in [6.07, 6.45) is 0.581. The molecule has 1 fully saturated rings. The largest absolute Gasteiger partial charge is 0.352 e. The van der Waals surface area contributed by atoms with E-state index >= 15 is 0 Å². The Morgan fingerprint density at radius 3 is 2.50 bits per heavy atom. The van der Waals surface area contributed by atoms with E-state index in [0.29, 0.717) is 12.0 Å². The second-order valence-electron chi connectivity index (χ2n) is 5.18. The van der Waals surface area contributed by atoms with Crippen molar-refractivity contribution in [2.45, 2.75) is 18.9 Å². The SMILES string of the molecule is O=C(CCNC(=O)c1ccc(Br)cc1)N[C@@H]1CCS(=O)(=O)C1. The standard InChI is InChI=1S/C14H17BrN2O4S/c15-11-3-1-10(2-4-11)14(19)16-7-5-13(18)17-12-6-8-22(20,21)9-12/h1-4,12H,5-9H2,(H,16,19)(H,17,18)/t12-/m1/s1. The molecule has 22 heavy (non-hydrogen) atoms. The van der Waals surface area contributed by atoms with E-state index in [9.17, 15) is 18.0 Å². The molecule has 1 aliphatic heterocycles. The van der Waals surface area contributed by atoms with Crippen LogP contribution in [-0.2, 0) is 14.6 Å². The van der Waals surface area contributed by atoms with Gasteiger partial charge in [0.25, 0.3) is 5.91 Å². The molecule has 0 radical (unpaired) electrons. The van der Waals surface area contributed by atoms with Crippen LogP contribution in [0.1, 0.15) is 23.2 Å². The Kier molecular flexibility index (Phi) is 5.57. The highest BCUT2D eigenvalue weighted by Crippen LogP contribution is 2.11. The lowest BCUT2D eigenvalue weighted by Gasteiger charge is -2.11. The van der Waals surface area contributed by atoms with Crippen LogP contribution in [0.2, 0.25) is 0 Å². The van der Waals surface area contributed by atoms with Gasteiger partial charge >= 0.3 is 0 Å². The average molecular weight is 389 g/mol. The third-order valence-electron chi connectivity index (χ3n) is 3.34. The summed E-state index contributed by atoms with van der Waals surface area (Å²) in [5.74, 6) is -0.371. The first-order chi connectivity index (χ1) is 10.4. The van der Waals surface area contributed by atoms with Gasteiger partial charge < -0.3 is 10.6 Å². The number of carbonyl (C=O) groups excluding carboxylic acids is 2. The molecule has 6 nitrogen and oxygen atoms in total. The molecule has 1 aromatic carbocycles. The molecule has 1 atom stereocenters. The van der Waals surface area contributed by atoms with Crippen LogP contribution < -0.4 is 10.6 Å². The van der Waals surface area contributed by atoms with Gasteiger partial charge in [0.2, 0.25) is 5.91 Å². The fourth-order valence-electron chi connectivity index (χ4n) is 2.20. The van der Waals surface area contributed by atoms with Crippen molar-refractivity contribution in [1.29, 1.82) is 0 Å². The fourth-order valence-corrected chi connectivity index (χ4v) is 4.14. The number of hydrogen-bond donors (Lipinski definition) is 2. The molecule has 2 rings (SSSR count). The molecule has 1 aliphatic rings. The Labute approximate surface area is 137 Å². The maximum atomic E-state index is 11.8. The summed E-state index contributed by atoms with van der Waals surface area (Å²) in [4.78, 5) is 23.5. The highest BCUT2D eigenvalue weighted by molar-refractivity contribution is 9.10. The summed E-state index contributed by atoms with van der Waals surface area (Å²) < 4.78 is 23.5. The van der Waals surface area contributed by atoms with Crippen LogP contribution in [0.4, 0.5) is 0 Å². The highest BCUT2D eigenvalue weighted by atomic mass is 79.9. The predicted molar refractivity (Wildman–Crippen MR) is 86.3 cm³/mol. The second-order valence-corrected chi connectivity index (χ2v) is 8.32. The van der Waals surface area contributed by atoms with Gasteiger partial charge in [-0.25, -0.2) is 8.42 Å².